The molecule has 0 saturated heterocycles. The number of aromatic hydroxyl groups is 1. The lowest BCUT2D eigenvalue weighted by atomic mass is 9.47. The number of phenolic OH excluding ortho intramolecular Hbond substituents is 1. The normalized spacial score (nSPS) is 34.2. The lowest BCUT2D eigenvalue weighted by Gasteiger charge is -2.58. The van der Waals surface area contributed by atoms with Crippen LogP contribution in [0.1, 0.15) is 41.9 Å². The van der Waals surface area contributed by atoms with E-state index in [0.29, 0.717) is 5.56 Å². The average Bonchev–Trinajstić information content (AvgIpc) is 3.32. The third-order valence-corrected chi connectivity index (χ3v) is 8.58. The van der Waals surface area contributed by atoms with Gasteiger partial charge in [0.2, 0.25) is 0 Å². The topological polar surface area (TPSA) is 217 Å². The number of benzene rings is 1. The molecule has 4 aliphatic carbocycles. The van der Waals surface area contributed by atoms with E-state index in [2.05, 4.69) is 0 Å². The number of carbonyl (C=O) groups is 3. The number of aliphatic hydroxyl groups excluding tert-OH is 2. The first-order valence-electron chi connectivity index (χ1n) is 12.2. The molecule has 38 heavy (non-hydrogen) atoms. The first kappa shape index (κ1) is 25.7. The molecule has 5 atom stereocenters. The van der Waals surface area contributed by atoms with Gasteiger partial charge in [-0.3, -0.25) is 19.3 Å². The summed E-state index contributed by atoms with van der Waals surface area (Å²) in [4.78, 5) is 41.4. The van der Waals surface area contributed by atoms with Crippen LogP contribution in [0.15, 0.2) is 41.2 Å². The van der Waals surface area contributed by atoms with Gasteiger partial charge in [-0.05, 0) is 57.0 Å². The number of hydrogen-bond acceptors (Lipinski definition) is 10. The number of primary amides is 1. The zero-order chi connectivity index (χ0) is 27.9. The van der Waals surface area contributed by atoms with E-state index >= 15 is 0 Å². The molecule has 0 bridgehead atoms. The number of hydrogen-bond donors (Lipinski definition) is 6. The molecule has 0 aromatic heterocycles. The van der Waals surface area contributed by atoms with Crippen LogP contribution in [0.25, 0.3) is 5.76 Å². The fraction of sp³-hybridized carbons (Fsp3) is 0.407. The second kappa shape index (κ2) is 8.01. The highest BCUT2D eigenvalue weighted by atomic mass is 16.3. The number of phenols is 1. The monoisotopic (exact) mass is 519 g/mol. The van der Waals surface area contributed by atoms with Crippen molar-refractivity contribution in [3.05, 3.63) is 57.9 Å². The van der Waals surface area contributed by atoms with Crippen molar-refractivity contribution in [2.45, 2.75) is 48.7 Å². The van der Waals surface area contributed by atoms with Gasteiger partial charge in [0, 0.05) is 5.92 Å². The van der Waals surface area contributed by atoms with Crippen LogP contribution in [0.5, 0.6) is 5.75 Å². The van der Waals surface area contributed by atoms with Crippen LogP contribution in [0.4, 0.5) is 0 Å². The predicted molar refractivity (Wildman–Crippen MR) is 135 cm³/mol. The molecule has 0 radical (unpaired) electrons. The van der Waals surface area contributed by atoms with Gasteiger partial charge in [0.15, 0.2) is 17.0 Å². The summed E-state index contributed by atoms with van der Waals surface area (Å²) in [5.74, 6) is -5.50. The Morgan fingerprint density at radius 2 is 1.87 bits per heavy atom. The molecule has 0 heterocycles. The van der Waals surface area contributed by atoms with Crippen molar-refractivity contribution in [1.29, 1.82) is 5.26 Å². The number of amides is 1. The fourth-order valence-corrected chi connectivity index (χ4v) is 7.09. The zero-order valence-electron chi connectivity index (χ0n) is 21.0. The van der Waals surface area contributed by atoms with Gasteiger partial charge < -0.3 is 32.5 Å². The van der Waals surface area contributed by atoms with E-state index in [1.807, 2.05) is 12.2 Å². The standard InChI is InChI=1S/C27H29N5O6/c1-32(2)21-20(35)17(24(29)38)22(36)26(11-28)23(37)18-19(34)16-14(9-25(18,30)10-27(21,26)31)13(7-8-15(16)33)12-5-3-4-6-12/h3,5,7-8,12,21,33-34,36H,4,6,9-10,30-31H2,1-2H3,(H2,29,38)/t12?,21-,25-,26+,27-/m1/s1. The Morgan fingerprint density at radius 1 is 1.18 bits per heavy atom. The van der Waals surface area contributed by atoms with E-state index in [-0.39, 0.29) is 23.7 Å². The second-order valence-corrected chi connectivity index (χ2v) is 10.9. The Hall–Kier alpha value is -3.98. The van der Waals surface area contributed by atoms with Gasteiger partial charge in [-0.2, -0.15) is 5.26 Å². The van der Waals surface area contributed by atoms with Crippen LogP contribution < -0.4 is 17.2 Å². The summed E-state index contributed by atoms with van der Waals surface area (Å²) in [7, 11) is 2.96. The minimum absolute atomic E-state index is 0.00233. The number of nitrogens with zero attached hydrogens (tertiary/aromatic N) is 2. The van der Waals surface area contributed by atoms with Crippen LogP contribution in [0.3, 0.4) is 0 Å². The second-order valence-electron chi connectivity index (χ2n) is 10.9. The summed E-state index contributed by atoms with van der Waals surface area (Å²) in [5.41, 5.74) is 12.7. The van der Waals surface area contributed by atoms with Gasteiger partial charge in [-0.25, -0.2) is 0 Å². The molecule has 198 valence electrons. The molecule has 0 spiro atoms. The Labute approximate surface area is 218 Å². The van der Waals surface area contributed by atoms with Gasteiger partial charge in [0.25, 0.3) is 5.91 Å². The van der Waals surface area contributed by atoms with Crippen LogP contribution in [-0.4, -0.2) is 68.9 Å². The number of rotatable bonds is 3. The highest BCUT2D eigenvalue weighted by Crippen LogP contribution is 2.58. The molecule has 4 aliphatic rings. The highest BCUT2D eigenvalue weighted by Gasteiger charge is 2.74. The SMILES string of the molecule is CN(C)[C@@H]1C(=O)C(C(N)=O)=C(O)[C@@]2(C#N)C(=O)C3=C(O)c4c(O)ccc(C5C=CCC5)c4C[C@@]3(N)C[C@@]12N. The van der Waals surface area contributed by atoms with Gasteiger partial charge >= 0.3 is 0 Å². The molecule has 9 N–H and O–H groups in total. The molecular formula is C27H29N5O6. The first-order chi connectivity index (χ1) is 17.8. The molecule has 1 aromatic rings. The number of nitriles is 1. The lowest BCUT2D eigenvalue weighted by Crippen LogP contribution is -2.80. The van der Waals surface area contributed by atoms with Crippen molar-refractivity contribution in [3.63, 3.8) is 0 Å². The Balaban J connectivity index is 1.85. The van der Waals surface area contributed by atoms with Crippen LogP contribution >= 0.6 is 0 Å². The fourth-order valence-electron chi connectivity index (χ4n) is 7.09. The summed E-state index contributed by atoms with van der Waals surface area (Å²) in [6.45, 7) is 0. The average molecular weight is 520 g/mol. The van der Waals surface area contributed by atoms with Crippen molar-refractivity contribution < 1.29 is 29.7 Å². The van der Waals surface area contributed by atoms with Crippen molar-refractivity contribution in [2.75, 3.05) is 14.1 Å². The third kappa shape index (κ3) is 2.90. The van der Waals surface area contributed by atoms with Crippen LogP contribution in [-0.2, 0) is 20.8 Å². The van der Waals surface area contributed by atoms with Crippen molar-refractivity contribution in [2.24, 2.45) is 22.6 Å². The van der Waals surface area contributed by atoms with E-state index in [1.54, 1.807) is 12.1 Å². The Kier molecular flexibility index (Phi) is 5.41. The number of Topliss-reactive ketones (excluding diaryl/α,β-unsaturated/α-hetero) is 2. The quantitative estimate of drug-likeness (QED) is 0.238. The smallest absolute Gasteiger partial charge is 0.255 e. The van der Waals surface area contributed by atoms with E-state index in [1.165, 1.54) is 25.1 Å². The molecule has 1 aromatic carbocycles. The summed E-state index contributed by atoms with van der Waals surface area (Å²) in [6.07, 6.45) is 5.31. The van der Waals surface area contributed by atoms with Gasteiger partial charge in [0.1, 0.15) is 22.8 Å². The molecule has 1 unspecified atom stereocenters. The van der Waals surface area contributed by atoms with Crippen molar-refractivity contribution >= 4 is 23.2 Å². The van der Waals surface area contributed by atoms with E-state index in [4.69, 9.17) is 17.2 Å². The van der Waals surface area contributed by atoms with E-state index < -0.39 is 69.1 Å². The molecule has 1 saturated carbocycles. The predicted octanol–water partition coefficient (Wildman–Crippen LogP) is 0.339. The van der Waals surface area contributed by atoms with E-state index in [0.717, 1.165) is 18.4 Å². The molecule has 5 rings (SSSR count). The van der Waals surface area contributed by atoms with Crippen molar-refractivity contribution in [1.82, 2.24) is 4.90 Å². The number of allylic oxidation sites excluding steroid dienone is 2. The molecule has 11 heteroatoms. The van der Waals surface area contributed by atoms with E-state index in [9.17, 15) is 35.0 Å². The number of likely N-dealkylation sites (N-methyl/N-ethyl adjacent to an activating group) is 1. The number of nitrogens with two attached hydrogens (primary N) is 3. The zero-order valence-corrected chi connectivity index (χ0v) is 21.0. The number of carbonyl (C=O) groups excluding carboxylic acids is 3. The number of ketones is 2. The van der Waals surface area contributed by atoms with Gasteiger partial charge in [-0.1, -0.05) is 18.2 Å². The number of aliphatic hydroxyl groups is 2. The maximum Gasteiger partial charge on any atom is 0.255 e. The maximum absolute atomic E-state index is 14.3. The summed E-state index contributed by atoms with van der Waals surface area (Å²) >= 11 is 0. The molecule has 1 fully saturated rings. The summed E-state index contributed by atoms with van der Waals surface area (Å²) < 4.78 is 0. The largest absolute Gasteiger partial charge is 0.509 e. The van der Waals surface area contributed by atoms with Gasteiger partial charge in [-0.15, -0.1) is 0 Å². The molecule has 11 nitrogen and oxygen atoms in total. The molecular weight excluding hydrogens is 490 g/mol. The summed E-state index contributed by atoms with van der Waals surface area (Å²) in [5, 5.41) is 43.9. The van der Waals surface area contributed by atoms with Crippen LogP contribution in [0.2, 0.25) is 0 Å². The minimum atomic E-state index is -2.66. The highest BCUT2D eigenvalue weighted by molar-refractivity contribution is 6.25. The number of fused-ring (bicyclic) bond motifs is 3. The lowest BCUT2D eigenvalue weighted by molar-refractivity contribution is -0.139. The van der Waals surface area contributed by atoms with Crippen molar-refractivity contribution in [3.8, 4) is 11.8 Å². The Morgan fingerprint density at radius 3 is 2.42 bits per heavy atom. The van der Waals surface area contributed by atoms with Crippen LogP contribution in [0, 0.1) is 16.7 Å². The Bertz CT molecular complexity index is 1470. The third-order valence-electron chi connectivity index (χ3n) is 8.58. The maximum atomic E-state index is 14.3. The summed E-state index contributed by atoms with van der Waals surface area (Å²) in [6, 6.07) is 3.51. The van der Waals surface area contributed by atoms with Gasteiger partial charge in [0.05, 0.1) is 34.3 Å². The first-order valence-corrected chi connectivity index (χ1v) is 12.2. The molecule has 0 aliphatic heterocycles. The minimum Gasteiger partial charge on any atom is -0.509 e. The molecule has 1 amide bonds.